The normalized spacial score (nSPS) is 20.2. The molecule has 0 radical (unpaired) electrons. The van der Waals surface area contributed by atoms with Crippen molar-refractivity contribution < 1.29 is 4.79 Å². The summed E-state index contributed by atoms with van der Waals surface area (Å²) in [4.78, 5) is 27.0. The number of hydrogen-bond donors (Lipinski definition) is 2. The van der Waals surface area contributed by atoms with Gasteiger partial charge in [0.1, 0.15) is 6.17 Å². The molecule has 0 bridgehead atoms. The number of benzene rings is 3. The molecular weight excluding hydrogens is 386 g/mol. The Bertz CT molecular complexity index is 1180. The molecule has 0 fully saturated rings. The first-order valence-electron chi connectivity index (χ1n) is 10.2. The van der Waals surface area contributed by atoms with Crippen LogP contribution < -0.4 is 10.6 Å². The highest BCUT2D eigenvalue weighted by Crippen LogP contribution is 2.24. The Kier molecular flexibility index (Phi) is 5.21. The fourth-order valence-corrected chi connectivity index (χ4v) is 3.69. The number of aliphatic imine (C=N–C) groups is 3. The minimum Gasteiger partial charge on any atom is -0.322 e. The van der Waals surface area contributed by atoms with Crippen LogP contribution in [0.4, 0.5) is 5.69 Å². The van der Waals surface area contributed by atoms with Crippen LogP contribution in [0.3, 0.4) is 0 Å². The Hall–Kier alpha value is -3.90. The highest BCUT2D eigenvalue weighted by atomic mass is 16.2. The Morgan fingerprint density at radius 2 is 1.48 bits per heavy atom. The van der Waals surface area contributed by atoms with E-state index >= 15 is 0 Å². The van der Waals surface area contributed by atoms with Crippen molar-refractivity contribution in [2.75, 3.05) is 5.32 Å². The van der Waals surface area contributed by atoms with Crippen LogP contribution in [0.5, 0.6) is 0 Å². The van der Waals surface area contributed by atoms with Gasteiger partial charge in [-0.2, -0.15) is 0 Å². The molecule has 2 aliphatic rings. The van der Waals surface area contributed by atoms with E-state index in [1.165, 1.54) is 0 Å². The smallest absolute Gasteiger partial charge is 0.264 e. The van der Waals surface area contributed by atoms with Crippen molar-refractivity contribution in [2.45, 2.75) is 18.8 Å². The molecule has 0 saturated heterocycles. The van der Waals surface area contributed by atoms with Crippen molar-refractivity contribution in [3.8, 4) is 0 Å². The number of para-hydroxylation sites is 1. The fraction of sp³-hybridized carbons (Fsp3) is 0.120. The van der Waals surface area contributed by atoms with Crippen LogP contribution in [-0.2, 0) is 4.79 Å². The average Bonchev–Trinajstić information content (AvgIpc) is 2.97. The quantitative estimate of drug-likeness (QED) is 0.693. The van der Waals surface area contributed by atoms with Gasteiger partial charge in [0.25, 0.3) is 5.91 Å². The van der Waals surface area contributed by atoms with E-state index in [2.05, 4.69) is 15.6 Å². The van der Waals surface area contributed by atoms with Gasteiger partial charge < -0.3 is 5.32 Å². The number of benzodiazepines with no additional fused rings is 1. The first-order valence-corrected chi connectivity index (χ1v) is 10.2. The third kappa shape index (κ3) is 4.06. The van der Waals surface area contributed by atoms with E-state index in [1.807, 2.05) is 91.1 Å². The van der Waals surface area contributed by atoms with Crippen molar-refractivity contribution in [3.05, 3.63) is 102 Å². The number of rotatable bonds is 4. The molecule has 152 valence electrons. The van der Waals surface area contributed by atoms with Crippen molar-refractivity contribution in [1.82, 2.24) is 5.32 Å². The number of hydrogen-bond acceptors (Lipinski definition) is 5. The number of carbonyl (C=O) groups is 1. The number of nitrogens with one attached hydrogen (secondary N) is 2. The van der Waals surface area contributed by atoms with E-state index in [0.29, 0.717) is 12.3 Å². The number of amidine groups is 1. The Morgan fingerprint density at radius 1 is 0.806 bits per heavy atom. The Morgan fingerprint density at radius 3 is 2.26 bits per heavy atom. The summed E-state index contributed by atoms with van der Waals surface area (Å²) in [6, 6.07) is 27.4. The summed E-state index contributed by atoms with van der Waals surface area (Å²) in [5.74, 6) is 0.436. The van der Waals surface area contributed by atoms with Gasteiger partial charge in [-0.15, -0.1) is 0 Å². The average molecular weight is 407 g/mol. The monoisotopic (exact) mass is 407 g/mol. The van der Waals surface area contributed by atoms with Crippen molar-refractivity contribution in [1.29, 1.82) is 0 Å². The molecule has 0 spiro atoms. The van der Waals surface area contributed by atoms with Gasteiger partial charge in [0.15, 0.2) is 12.0 Å². The van der Waals surface area contributed by atoms with Crippen LogP contribution in [0.2, 0.25) is 0 Å². The molecule has 6 nitrogen and oxygen atoms in total. The summed E-state index contributed by atoms with van der Waals surface area (Å²) >= 11 is 0. The second-order valence-electron chi connectivity index (χ2n) is 7.33. The molecule has 5 rings (SSSR count). The van der Waals surface area contributed by atoms with E-state index in [1.54, 1.807) is 0 Å². The summed E-state index contributed by atoms with van der Waals surface area (Å²) in [5.41, 5.74) is 4.31. The van der Waals surface area contributed by atoms with Crippen LogP contribution in [-0.4, -0.2) is 36.0 Å². The van der Waals surface area contributed by atoms with Crippen molar-refractivity contribution in [3.63, 3.8) is 0 Å². The number of anilines is 1. The van der Waals surface area contributed by atoms with Gasteiger partial charge in [-0.05, 0) is 6.07 Å². The molecule has 31 heavy (non-hydrogen) atoms. The van der Waals surface area contributed by atoms with Crippen molar-refractivity contribution in [2.24, 2.45) is 15.0 Å². The van der Waals surface area contributed by atoms with Gasteiger partial charge in [-0.25, -0.2) is 9.98 Å². The molecule has 0 aromatic heterocycles. The molecular formula is C25H21N5O. The van der Waals surface area contributed by atoms with Gasteiger partial charge in [0, 0.05) is 29.3 Å². The van der Waals surface area contributed by atoms with Gasteiger partial charge in [0.05, 0.1) is 11.4 Å². The summed E-state index contributed by atoms with van der Waals surface area (Å²) in [5, 5.41) is 6.31. The minimum atomic E-state index is -0.778. The maximum Gasteiger partial charge on any atom is 0.264 e. The van der Waals surface area contributed by atoms with Gasteiger partial charge in [-0.3, -0.25) is 15.1 Å². The Balaban J connectivity index is 1.48. The zero-order valence-electron chi connectivity index (χ0n) is 16.8. The lowest BCUT2D eigenvalue weighted by atomic mass is 10.0. The largest absolute Gasteiger partial charge is 0.322 e. The summed E-state index contributed by atoms with van der Waals surface area (Å²) in [6.45, 7) is 0. The third-order valence-electron chi connectivity index (χ3n) is 5.20. The SMILES string of the molecule is O=C1Nc2ccccc2C(c2ccccc2)=NC1NC1CC=NC(c2ccccc2)=N1. The van der Waals surface area contributed by atoms with Crippen LogP contribution >= 0.6 is 0 Å². The minimum absolute atomic E-state index is 0.211. The number of carbonyl (C=O) groups excluding carboxylic acids is 1. The zero-order valence-corrected chi connectivity index (χ0v) is 16.8. The summed E-state index contributed by atoms with van der Waals surface area (Å²) in [7, 11) is 0. The molecule has 2 unspecified atom stereocenters. The number of fused-ring (bicyclic) bond motifs is 1. The van der Waals surface area contributed by atoms with Gasteiger partial charge in [-0.1, -0.05) is 78.9 Å². The molecule has 1 amide bonds. The molecule has 2 heterocycles. The lowest BCUT2D eigenvalue weighted by Crippen LogP contribution is -2.45. The van der Waals surface area contributed by atoms with Crippen LogP contribution in [0, 0.1) is 0 Å². The molecule has 2 aliphatic heterocycles. The van der Waals surface area contributed by atoms with E-state index in [4.69, 9.17) is 9.98 Å². The van der Waals surface area contributed by atoms with E-state index < -0.39 is 6.17 Å². The predicted molar refractivity (Wildman–Crippen MR) is 124 cm³/mol. The molecule has 3 aromatic carbocycles. The van der Waals surface area contributed by atoms with Crippen LogP contribution in [0.1, 0.15) is 23.1 Å². The second kappa shape index (κ2) is 8.45. The Labute approximate surface area is 180 Å². The first kappa shape index (κ1) is 19.1. The number of nitrogens with zero attached hydrogens (tertiary/aromatic N) is 3. The number of amides is 1. The molecule has 0 saturated carbocycles. The first-order chi connectivity index (χ1) is 15.3. The molecule has 2 atom stereocenters. The maximum absolute atomic E-state index is 13.0. The summed E-state index contributed by atoms with van der Waals surface area (Å²) < 4.78 is 0. The van der Waals surface area contributed by atoms with Gasteiger partial charge >= 0.3 is 0 Å². The predicted octanol–water partition coefficient (Wildman–Crippen LogP) is 3.64. The van der Waals surface area contributed by atoms with Crippen LogP contribution in [0.25, 0.3) is 0 Å². The highest BCUT2D eigenvalue weighted by molar-refractivity contribution is 6.19. The molecule has 2 N–H and O–H groups in total. The topological polar surface area (TPSA) is 78.2 Å². The van der Waals surface area contributed by atoms with Gasteiger partial charge in [0.2, 0.25) is 0 Å². The molecule has 3 aromatic rings. The molecule has 0 aliphatic carbocycles. The van der Waals surface area contributed by atoms with E-state index in [0.717, 1.165) is 28.1 Å². The second-order valence-corrected chi connectivity index (χ2v) is 7.33. The molecule has 6 heteroatoms. The zero-order chi connectivity index (χ0) is 21.0. The van der Waals surface area contributed by atoms with Crippen LogP contribution in [0.15, 0.2) is 99.9 Å². The standard InChI is InChI=1S/C25H21N5O/c31-25-24(29-21-15-16-26-23(28-21)18-11-5-2-6-12-18)30-22(17-9-3-1-4-10-17)19-13-7-8-14-20(19)27-25/h1-14,16,21,24,29H,15H2,(H,27,31). The maximum atomic E-state index is 13.0. The third-order valence-corrected chi connectivity index (χ3v) is 5.20. The lowest BCUT2D eigenvalue weighted by molar-refractivity contribution is -0.118. The lowest BCUT2D eigenvalue weighted by Gasteiger charge is -2.21. The fourth-order valence-electron chi connectivity index (χ4n) is 3.69. The summed E-state index contributed by atoms with van der Waals surface area (Å²) in [6.07, 6.45) is 1.34. The van der Waals surface area contributed by atoms with E-state index in [9.17, 15) is 4.79 Å². The van der Waals surface area contributed by atoms with Crippen molar-refractivity contribution >= 4 is 29.4 Å². The highest BCUT2D eigenvalue weighted by Gasteiger charge is 2.28. The van der Waals surface area contributed by atoms with E-state index in [-0.39, 0.29) is 12.1 Å².